The lowest BCUT2D eigenvalue weighted by Crippen LogP contribution is -2.28. The van der Waals surface area contributed by atoms with Crippen molar-refractivity contribution in [2.75, 3.05) is 0 Å². The summed E-state index contributed by atoms with van der Waals surface area (Å²) in [6.07, 6.45) is 16.8. The van der Waals surface area contributed by atoms with Crippen molar-refractivity contribution in [1.82, 2.24) is 0 Å². The van der Waals surface area contributed by atoms with Gasteiger partial charge in [-0.25, -0.2) is 0 Å². The molecule has 0 aromatic heterocycles. The molecule has 0 bridgehead atoms. The van der Waals surface area contributed by atoms with Crippen molar-refractivity contribution in [1.29, 1.82) is 0 Å². The van der Waals surface area contributed by atoms with Crippen LogP contribution in [-0.2, 0) is 23.7 Å². The molecule has 224 valence electrons. The van der Waals surface area contributed by atoms with Gasteiger partial charge in [0.05, 0.1) is 0 Å². The molecular weight excluding hydrogens is 492 g/mol. The zero-order chi connectivity index (χ0) is 29.9. The smallest absolute Gasteiger partial charge is 0.0463 e. The Bertz CT molecular complexity index is 1210. The average Bonchev–Trinajstić information content (AvgIpc) is 3.27. The fourth-order valence-electron chi connectivity index (χ4n) is 6.79. The van der Waals surface area contributed by atoms with Crippen molar-refractivity contribution in [3.05, 3.63) is 94.0 Å². The van der Waals surface area contributed by atoms with E-state index in [-0.39, 0.29) is 10.8 Å². The van der Waals surface area contributed by atoms with Crippen molar-refractivity contribution >= 4 is 0 Å². The molecule has 0 aliphatic heterocycles. The summed E-state index contributed by atoms with van der Waals surface area (Å²) in [6, 6.07) is 24.5. The molecule has 1 atom stereocenters. The van der Waals surface area contributed by atoms with Crippen LogP contribution in [0, 0.1) is 0 Å². The van der Waals surface area contributed by atoms with Crippen LogP contribution in [0.4, 0.5) is 0 Å². The Morgan fingerprint density at radius 3 is 1.85 bits per heavy atom. The molecule has 1 aliphatic rings. The van der Waals surface area contributed by atoms with Gasteiger partial charge in [-0.2, -0.15) is 0 Å². The molecule has 0 radical (unpaired) electrons. The van der Waals surface area contributed by atoms with Crippen LogP contribution in [-0.4, -0.2) is 0 Å². The molecular formula is C41H60. The van der Waals surface area contributed by atoms with Gasteiger partial charge in [0, 0.05) is 5.41 Å². The first-order valence-electron chi connectivity index (χ1n) is 17.2. The molecule has 3 aromatic rings. The van der Waals surface area contributed by atoms with Crippen LogP contribution in [0.3, 0.4) is 0 Å². The Kier molecular flexibility index (Phi) is 12.8. The second-order valence-electron chi connectivity index (χ2n) is 13.2. The van der Waals surface area contributed by atoms with Crippen molar-refractivity contribution < 1.29 is 0 Å². The van der Waals surface area contributed by atoms with Gasteiger partial charge in [-0.1, -0.05) is 174 Å². The second kappa shape index (κ2) is 15.8. The Morgan fingerprint density at radius 2 is 1.20 bits per heavy atom. The average molecular weight is 553 g/mol. The zero-order valence-electron chi connectivity index (χ0n) is 28.0. The summed E-state index contributed by atoms with van der Waals surface area (Å²) in [6.45, 7) is 18.0. The molecule has 0 heterocycles. The first-order valence-corrected chi connectivity index (χ1v) is 17.2. The molecule has 0 nitrogen and oxygen atoms in total. The monoisotopic (exact) mass is 552 g/mol. The van der Waals surface area contributed by atoms with Crippen LogP contribution in [0.25, 0.3) is 11.1 Å². The lowest BCUT2D eigenvalue weighted by Gasteiger charge is -2.35. The van der Waals surface area contributed by atoms with Crippen molar-refractivity contribution in [2.24, 2.45) is 0 Å². The summed E-state index contributed by atoms with van der Waals surface area (Å²) in [4.78, 5) is 0. The topological polar surface area (TPSA) is 0 Å². The van der Waals surface area contributed by atoms with Crippen LogP contribution in [0.15, 0.2) is 60.7 Å². The third-order valence-electron chi connectivity index (χ3n) is 9.23. The van der Waals surface area contributed by atoms with E-state index in [0.29, 0.717) is 0 Å². The number of hydrogen-bond donors (Lipinski definition) is 0. The maximum atomic E-state index is 2.59. The molecule has 1 aliphatic carbocycles. The molecule has 0 N–H and O–H groups in total. The highest BCUT2D eigenvalue weighted by molar-refractivity contribution is 5.84. The predicted octanol–water partition coefficient (Wildman–Crippen LogP) is 12.8. The second-order valence-corrected chi connectivity index (χ2v) is 13.2. The summed E-state index contributed by atoms with van der Waals surface area (Å²) in [7, 11) is 0. The Morgan fingerprint density at radius 1 is 0.585 bits per heavy atom. The van der Waals surface area contributed by atoms with E-state index in [9.17, 15) is 0 Å². The molecule has 0 heteroatoms. The quantitative estimate of drug-likeness (QED) is 0.174. The van der Waals surface area contributed by atoms with E-state index in [1.165, 1.54) is 110 Å². The van der Waals surface area contributed by atoms with Gasteiger partial charge in [0.15, 0.2) is 0 Å². The van der Waals surface area contributed by atoms with Crippen LogP contribution in [0.5, 0.6) is 0 Å². The first kappa shape index (κ1) is 33.2. The minimum Gasteiger partial charge on any atom is -0.0683 e. The highest BCUT2D eigenvalue weighted by Gasteiger charge is 2.44. The summed E-state index contributed by atoms with van der Waals surface area (Å²) < 4.78 is 0. The van der Waals surface area contributed by atoms with E-state index in [1.54, 1.807) is 11.1 Å². The van der Waals surface area contributed by atoms with Crippen molar-refractivity contribution in [2.45, 2.75) is 150 Å². The Hall–Kier alpha value is -2.34. The van der Waals surface area contributed by atoms with E-state index in [0.717, 1.165) is 6.42 Å². The fraction of sp³-hybridized carbons (Fsp3) is 0.561. The van der Waals surface area contributed by atoms with E-state index >= 15 is 0 Å². The van der Waals surface area contributed by atoms with E-state index in [4.69, 9.17) is 0 Å². The molecule has 4 rings (SSSR count). The maximum absolute atomic E-state index is 2.59. The number of fused-ring (bicyclic) bond motifs is 3. The Balaban J connectivity index is 0.00000226. The van der Waals surface area contributed by atoms with Crippen LogP contribution >= 0.6 is 0 Å². The lowest BCUT2D eigenvalue weighted by atomic mass is 9.67. The zero-order valence-corrected chi connectivity index (χ0v) is 28.0. The number of hydrogen-bond acceptors (Lipinski definition) is 0. The minimum atomic E-state index is -0.0682. The third kappa shape index (κ3) is 7.74. The summed E-state index contributed by atoms with van der Waals surface area (Å²) in [5.74, 6) is 0. The van der Waals surface area contributed by atoms with E-state index < -0.39 is 0 Å². The number of rotatable bonds is 14. The highest BCUT2D eigenvalue weighted by Crippen LogP contribution is 2.56. The first-order chi connectivity index (χ1) is 19.8. The normalized spacial score (nSPS) is 15.7. The van der Waals surface area contributed by atoms with E-state index in [1.807, 2.05) is 13.8 Å². The van der Waals surface area contributed by atoms with Gasteiger partial charge in [-0.15, -0.1) is 0 Å². The molecule has 0 fully saturated rings. The van der Waals surface area contributed by atoms with Gasteiger partial charge < -0.3 is 0 Å². The summed E-state index contributed by atoms with van der Waals surface area (Å²) in [5, 5.41) is 0. The fourth-order valence-corrected chi connectivity index (χ4v) is 6.79. The largest absolute Gasteiger partial charge is 0.0683 e. The standard InChI is InChI=1S/C39H54.C2H6/c1-7-10-12-14-15-17-26-39(33-21-18-20-31(27-33)19-16-13-11-8-2)36-28-30(9-3)22-24-34(36)35-25-23-32(29-37(35)39)38(4,5)6;1-2/h18,20-25,27-29H,7-17,19,26H2,1-6H3;1-2H3. The molecule has 41 heavy (non-hydrogen) atoms. The molecule has 3 aromatic carbocycles. The summed E-state index contributed by atoms with van der Waals surface area (Å²) >= 11 is 0. The predicted molar refractivity (Wildman–Crippen MR) is 183 cm³/mol. The van der Waals surface area contributed by atoms with Crippen molar-refractivity contribution in [3.8, 4) is 11.1 Å². The maximum Gasteiger partial charge on any atom is 0.0463 e. The van der Waals surface area contributed by atoms with Gasteiger partial charge >= 0.3 is 0 Å². The molecule has 0 amide bonds. The molecule has 1 unspecified atom stereocenters. The SMILES string of the molecule is CC.CCCCCCCCC1(c2cccc(CCCCCC)c2)c2cc(CC)ccc2-c2ccc(C(C)(C)C)cc21. The third-order valence-corrected chi connectivity index (χ3v) is 9.23. The van der Waals surface area contributed by atoms with Gasteiger partial charge in [0.1, 0.15) is 0 Å². The van der Waals surface area contributed by atoms with Gasteiger partial charge in [0.25, 0.3) is 0 Å². The lowest BCUT2D eigenvalue weighted by molar-refractivity contribution is 0.503. The molecule has 0 spiro atoms. The molecule has 0 saturated heterocycles. The van der Waals surface area contributed by atoms with Crippen LogP contribution < -0.4 is 0 Å². The number of benzene rings is 3. The van der Waals surface area contributed by atoms with Gasteiger partial charge in [-0.05, 0) is 75.6 Å². The van der Waals surface area contributed by atoms with E-state index in [2.05, 4.69) is 102 Å². The minimum absolute atomic E-state index is 0.0682. The Labute approximate surface area is 254 Å². The summed E-state index contributed by atoms with van der Waals surface area (Å²) in [5.41, 5.74) is 12.0. The van der Waals surface area contributed by atoms with Crippen LogP contribution in [0.2, 0.25) is 0 Å². The van der Waals surface area contributed by atoms with Gasteiger partial charge in [0.2, 0.25) is 0 Å². The highest BCUT2D eigenvalue weighted by atomic mass is 14.5. The molecule has 0 saturated carbocycles. The number of unbranched alkanes of at least 4 members (excludes halogenated alkanes) is 8. The van der Waals surface area contributed by atoms with Crippen LogP contribution in [0.1, 0.15) is 159 Å². The van der Waals surface area contributed by atoms with Gasteiger partial charge in [-0.3, -0.25) is 0 Å². The van der Waals surface area contributed by atoms with Crippen molar-refractivity contribution in [3.63, 3.8) is 0 Å². The number of aryl methyl sites for hydroxylation is 2.